The number of rotatable bonds is 1. The van der Waals surface area contributed by atoms with Gasteiger partial charge in [0.15, 0.2) is 0 Å². The highest BCUT2D eigenvalue weighted by molar-refractivity contribution is 7.80. The zero-order chi connectivity index (χ0) is 11.1. The summed E-state index contributed by atoms with van der Waals surface area (Å²) in [6.45, 7) is 0. The summed E-state index contributed by atoms with van der Waals surface area (Å²) in [5.41, 5.74) is 2.30. The summed E-state index contributed by atoms with van der Waals surface area (Å²) < 4.78 is 2.24. The highest BCUT2D eigenvalue weighted by Gasteiger charge is 2.22. The van der Waals surface area contributed by atoms with E-state index >= 15 is 0 Å². The number of benzene rings is 1. The van der Waals surface area contributed by atoms with Crippen LogP contribution in [0.25, 0.3) is 11.0 Å². The normalized spacial score (nSPS) is 17.4. The lowest BCUT2D eigenvalue weighted by Gasteiger charge is -2.08. The van der Waals surface area contributed by atoms with Crippen LogP contribution in [0.3, 0.4) is 0 Å². The van der Waals surface area contributed by atoms with Crippen molar-refractivity contribution in [3.8, 4) is 0 Å². The van der Waals surface area contributed by atoms with Crippen LogP contribution >= 0.6 is 12.6 Å². The predicted molar refractivity (Wildman–Crippen MR) is 69.2 cm³/mol. The highest BCUT2D eigenvalue weighted by atomic mass is 32.1. The van der Waals surface area contributed by atoms with Gasteiger partial charge >= 0.3 is 0 Å². The summed E-state index contributed by atoms with van der Waals surface area (Å²) in [5, 5.41) is 0. The number of nitrogens with zero attached hydrogens (tertiary/aromatic N) is 2. The van der Waals surface area contributed by atoms with Crippen LogP contribution in [0, 0.1) is 0 Å². The average Bonchev–Trinajstić information content (AvgIpc) is 2.87. The van der Waals surface area contributed by atoms with Gasteiger partial charge < -0.3 is 4.57 Å². The van der Waals surface area contributed by atoms with Gasteiger partial charge in [0, 0.05) is 17.9 Å². The topological polar surface area (TPSA) is 17.8 Å². The van der Waals surface area contributed by atoms with Crippen LogP contribution in [0.4, 0.5) is 0 Å². The molecule has 0 spiro atoms. The van der Waals surface area contributed by atoms with Gasteiger partial charge in [-0.25, -0.2) is 4.98 Å². The number of fused-ring (bicyclic) bond motifs is 1. The van der Waals surface area contributed by atoms with E-state index in [9.17, 15) is 0 Å². The molecule has 1 aromatic heterocycles. The third kappa shape index (κ3) is 1.54. The SMILES string of the molecule is Cn1c(C2CCCC2)nc2ccc(S)cc21. The smallest absolute Gasteiger partial charge is 0.112 e. The summed E-state index contributed by atoms with van der Waals surface area (Å²) in [6.07, 6.45) is 5.30. The van der Waals surface area contributed by atoms with Crippen molar-refractivity contribution in [3.63, 3.8) is 0 Å². The Morgan fingerprint density at radius 3 is 2.81 bits per heavy atom. The molecule has 1 aliphatic carbocycles. The Morgan fingerprint density at radius 1 is 1.31 bits per heavy atom. The molecule has 0 amide bonds. The first kappa shape index (κ1) is 10.2. The number of thiol groups is 1. The van der Waals surface area contributed by atoms with Crippen LogP contribution in [-0.4, -0.2) is 9.55 Å². The summed E-state index contributed by atoms with van der Waals surface area (Å²) in [7, 11) is 2.12. The molecular weight excluding hydrogens is 216 g/mol. The van der Waals surface area contributed by atoms with Crippen molar-refractivity contribution in [1.29, 1.82) is 0 Å². The Labute approximate surface area is 101 Å². The average molecular weight is 232 g/mol. The van der Waals surface area contributed by atoms with Gasteiger partial charge in [-0.1, -0.05) is 12.8 Å². The van der Waals surface area contributed by atoms with Crippen molar-refractivity contribution in [2.45, 2.75) is 36.5 Å². The molecule has 1 fully saturated rings. The molecule has 84 valence electrons. The lowest BCUT2D eigenvalue weighted by molar-refractivity contribution is 0.639. The van der Waals surface area contributed by atoms with E-state index in [0.29, 0.717) is 5.92 Å². The first-order valence-electron chi connectivity index (χ1n) is 5.91. The maximum Gasteiger partial charge on any atom is 0.112 e. The Balaban J connectivity index is 2.15. The molecule has 1 heterocycles. The second-order valence-electron chi connectivity index (χ2n) is 4.68. The molecule has 1 saturated carbocycles. The van der Waals surface area contributed by atoms with Crippen molar-refractivity contribution >= 4 is 23.7 Å². The largest absolute Gasteiger partial charge is 0.331 e. The Kier molecular flexibility index (Phi) is 2.43. The third-order valence-electron chi connectivity index (χ3n) is 3.62. The van der Waals surface area contributed by atoms with Crippen LogP contribution in [0.1, 0.15) is 37.4 Å². The number of aryl methyl sites for hydroxylation is 1. The monoisotopic (exact) mass is 232 g/mol. The maximum absolute atomic E-state index is 4.76. The molecule has 1 aliphatic rings. The minimum atomic E-state index is 0.667. The molecule has 3 rings (SSSR count). The molecule has 2 aromatic rings. The summed E-state index contributed by atoms with van der Waals surface area (Å²) in [6, 6.07) is 6.18. The van der Waals surface area contributed by atoms with Crippen LogP contribution < -0.4 is 0 Å². The van der Waals surface area contributed by atoms with Gasteiger partial charge in [-0.2, -0.15) is 0 Å². The number of hydrogen-bond acceptors (Lipinski definition) is 2. The molecular formula is C13H16N2S. The molecule has 0 N–H and O–H groups in total. The summed E-state index contributed by atoms with van der Waals surface area (Å²) in [4.78, 5) is 5.77. The fraction of sp³-hybridized carbons (Fsp3) is 0.462. The molecule has 0 atom stereocenters. The predicted octanol–water partition coefficient (Wildman–Crippen LogP) is 3.52. The van der Waals surface area contributed by atoms with Crippen LogP contribution in [0.15, 0.2) is 23.1 Å². The lowest BCUT2D eigenvalue weighted by Crippen LogP contribution is -2.02. The molecule has 3 heteroatoms. The molecule has 2 nitrogen and oxygen atoms in total. The molecule has 0 aliphatic heterocycles. The Hall–Kier alpha value is -0.960. The highest BCUT2D eigenvalue weighted by Crippen LogP contribution is 2.34. The summed E-state index contributed by atoms with van der Waals surface area (Å²) >= 11 is 4.39. The van der Waals surface area contributed by atoms with Crippen molar-refractivity contribution in [2.24, 2.45) is 7.05 Å². The maximum atomic E-state index is 4.76. The van der Waals surface area contributed by atoms with Crippen molar-refractivity contribution in [2.75, 3.05) is 0 Å². The van der Waals surface area contributed by atoms with Gasteiger partial charge in [0.25, 0.3) is 0 Å². The van der Waals surface area contributed by atoms with Crippen LogP contribution in [0.2, 0.25) is 0 Å². The number of imidazole rings is 1. The summed E-state index contributed by atoms with van der Waals surface area (Å²) in [5.74, 6) is 1.92. The minimum Gasteiger partial charge on any atom is -0.331 e. The standard InChI is InChI=1S/C13H16N2S/c1-15-12-8-10(16)6-7-11(12)14-13(15)9-4-2-3-5-9/h6-9,16H,2-5H2,1H3. The molecule has 0 unspecified atom stereocenters. The first-order chi connectivity index (χ1) is 7.75. The van der Waals surface area contributed by atoms with Gasteiger partial charge in [0.2, 0.25) is 0 Å². The fourth-order valence-corrected chi connectivity index (χ4v) is 2.94. The van der Waals surface area contributed by atoms with Crippen molar-refractivity contribution in [3.05, 3.63) is 24.0 Å². The van der Waals surface area contributed by atoms with E-state index in [1.165, 1.54) is 37.0 Å². The molecule has 0 radical (unpaired) electrons. The fourth-order valence-electron chi connectivity index (χ4n) is 2.75. The third-order valence-corrected chi connectivity index (χ3v) is 3.90. The minimum absolute atomic E-state index is 0.667. The Morgan fingerprint density at radius 2 is 2.06 bits per heavy atom. The van der Waals surface area contributed by atoms with E-state index in [-0.39, 0.29) is 0 Å². The Bertz CT molecular complexity index is 524. The van der Waals surface area contributed by atoms with Gasteiger partial charge in [-0.15, -0.1) is 12.6 Å². The number of aromatic nitrogens is 2. The molecule has 16 heavy (non-hydrogen) atoms. The van der Waals surface area contributed by atoms with E-state index < -0.39 is 0 Å². The zero-order valence-electron chi connectivity index (χ0n) is 9.48. The van der Waals surface area contributed by atoms with Crippen LogP contribution in [-0.2, 0) is 7.05 Å². The van der Waals surface area contributed by atoms with E-state index in [0.717, 1.165) is 10.4 Å². The van der Waals surface area contributed by atoms with Gasteiger partial charge in [-0.05, 0) is 31.0 Å². The van der Waals surface area contributed by atoms with Gasteiger partial charge in [-0.3, -0.25) is 0 Å². The molecule has 0 saturated heterocycles. The number of hydrogen-bond donors (Lipinski definition) is 1. The van der Waals surface area contributed by atoms with E-state index in [1.807, 2.05) is 6.07 Å². The van der Waals surface area contributed by atoms with Crippen LogP contribution in [0.5, 0.6) is 0 Å². The van der Waals surface area contributed by atoms with E-state index in [2.05, 4.69) is 36.4 Å². The van der Waals surface area contributed by atoms with Crippen molar-refractivity contribution in [1.82, 2.24) is 9.55 Å². The quantitative estimate of drug-likeness (QED) is 0.745. The first-order valence-corrected chi connectivity index (χ1v) is 6.36. The lowest BCUT2D eigenvalue weighted by atomic mass is 10.1. The van der Waals surface area contributed by atoms with E-state index in [4.69, 9.17) is 4.98 Å². The van der Waals surface area contributed by atoms with E-state index in [1.54, 1.807) is 0 Å². The van der Waals surface area contributed by atoms with Gasteiger partial charge in [0.1, 0.15) is 5.82 Å². The molecule has 0 bridgehead atoms. The van der Waals surface area contributed by atoms with Crippen molar-refractivity contribution < 1.29 is 0 Å². The van der Waals surface area contributed by atoms with Gasteiger partial charge in [0.05, 0.1) is 11.0 Å². The molecule has 1 aromatic carbocycles. The zero-order valence-corrected chi connectivity index (χ0v) is 10.4. The second-order valence-corrected chi connectivity index (χ2v) is 5.20. The second kappa shape index (κ2) is 3.81.